The Morgan fingerprint density at radius 2 is 1.82 bits per heavy atom. The lowest BCUT2D eigenvalue weighted by molar-refractivity contribution is -0.117. The molecule has 5 nitrogen and oxygen atoms in total. The van der Waals surface area contributed by atoms with Gasteiger partial charge in [-0.2, -0.15) is 0 Å². The predicted molar refractivity (Wildman–Crippen MR) is 117 cm³/mol. The number of aryl methyl sites for hydroxylation is 3. The van der Waals surface area contributed by atoms with E-state index in [1.54, 1.807) is 25.1 Å². The van der Waals surface area contributed by atoms with Crippen LogP contribution in [0.3, 0.4) is 0 Å². The minimum absolute atomic E-state index is 0.317. The molecule has 0 aliphatic heterocycles. The third-order valence-electron chi connectivity index (χ3n) is 4.73. The van der Waals surface area contributed by atoms with Crippen molar-refractivity contribution < 1.29 is 13.2 Å². The van der Waals surface area contributed by atoms with Crippen LogP contribution in [0.2, 0.25) is 5.02 Å². The van der Waals surface area contributed by atoms with Crippen LogP contribution < -0.4 is 9.62 Å². The summed E-state index contributed by atoms with van der Waals surface area (Å²) in [6.07, 6.45) is 2.18. The number of amides is 1. The fourth-order valence-corrected chi connectivity index (χ4v) is 4.57. The van der Waals surface area contributed by atoms with Crippen LogP contribution in [-0.4, -0.2) is 26.6 Å². The molecule has 0 aromatic heterocycles. The monoisotopic (exact) mass is 422 g/mol. The Kier molecular flexibility index (Phi) is 7.12. The molecule has 0 saturated heterocycles. The number of carbonyl (C=O) groups excluding carboxylic acids is 1. The molecule has 28 heavy (non-hydrogen) atoms. The number of benzene rings is 2. The van der Waals surface area contributed by atoms with Crippen LogP contribution in [0.1, 0.15) is 37.0 Å². The molecule has 1 atom stereocenters. The lowest BCUT2D eigenvalue weighted by atomic mass is 10.0. The average Bonchev–Trinajstić information content (AvgIpc) is 2.62. The lowest BCUT2D eigenvalue weighted by Gasteiger charge is -2.30. The molecule has 2 aromatic rings. The molecule has 1 N–H and O–H groups in total. The standard InChI is InChI=1S/C21H27ClN2O3S/c1-6-16-10-8-9-15(4)20(16)23-21(25)19(7-2)24(28(5,26)27)17-12-11-14(3)18(22)13-17/h8-13,19H,6-7H2,1-5H3,(H,23,25). The molecule has 7 heteroatoms. The molecule has 0 fully saturated rings. The van der Waals surface area contributed by atoms with Gasteiger partial charge in [0.2, 0.25) is 15.9 Å². The van der Waals surface area contributed by atoms with Gasteiger partial charge in [0.15, 0.2) is 0 Å². The van der Waals surface area contributed by atoms with Crippen LogP contribution in [0, 0.1) is 13.8 Å². The first-order valence-corrected chi connectivity index (χ1v) is 11.5. The molecule has 0 radical (unpaired) electrons. The van der Waals surface area contributed by atoms with Crippen LogP contribution in [0.4, 0.5) is 11.4 Å². The molecule has 0 aliphatic rings. The predicted octanol–water partition coefficient (Wildman–Crippen LogP) is 4.70. The third kappa shape index (κ3) is 4.86. The van der Waals surface area contributed by atoms with E-state index in [1.807, 2.05) is 39.0 Å². The first-order chi connectivity index (χ1) is 13.1. The second-order valence-electron chi connectivity index (χ2n) is 6.87. The SMILES string of the molecule is CCc1cccc(C)c1NC(=O)C(CC)N(c1ccc(C)c(Cl)c1)S(C)(=O)=O. The van der Waals surface area contributed by atoms with E-state index in [0.717, 1.165) is 39.4 Å². The van der Waals surface area contributed by atoms with Crippen LogP contribution in [0.25, 0.3) is 0 Å². The van der Waals surface area contributed by atoms with Crippen molar-refractivity contribution in [2.75, 3.05) is 15.9 Å². The molecule has 0 bridgehead atoms. The quantitative estimate of drug-likeness (QED) is 0.703. The Morgan fingerprint density at radius 3 is 2.36 bits per heavy atom. The van der Waals surface area contributed by atoms with Gasteiger partial charge in [0, 0.05) is 10.7 Å². The second kappa shape index (κ2) is 8.97. The minimum atomic E-state index is -3.71. The van der Waals surface area contributed by atoms with E-state index in [2.05, 4.69) is 5.32 Å². The van der Waals surface area contributed by atoms with Crippen molar-refractivity contribution in [2.45, 2.75) is 46.6 Å². The van der Waals surface area contributed by atoms with Crippen molar-refractivity contribution in [3.63, 3.8) is 0 Å². The molecule has 1 unspecified atom stereocenters. The summed E-state index contributed by atoms with van der Waals surface area (Å²) < 4.78 is 26.3. The number of sulfonamides is 1. The van der Waals surface area contributed by atoms with Crippen LogP contribution in [-0.2, 0) is 21.2 Å². The molecular formula is C21H27ClN2O3S. The minimum Gasteiger partial charge on any atom is -0.324 e. The second-order valence-corrected chi connectivity index (χ2v) is 9.13. The van der Waals surface area contributed by atoms with Crippen molar-refractivity contribution in [3.8, 4) is 0 Å². The number of hydrogen-bond acceptors (Lipinski definition) is 3. The van der Waals surface area contributed by atoms with Gasteiger partial charge in [-0.15, -0.1) is 0 Å². The highest BCUT2D eigenvalue weighted by Gasteiger charge is 2.32. The third-order valence-corrected chi connectivity index (χ3v) is 6.31. The average molecular weight is 423 g/mol. The summed E-state index contributed by atoms with van der Waals surface area (Å²) in [5.74, 6) is -0.367. The van der Waals surface area contributed by atoms with Gasteiger partial charge in [0.05, 0.1) is 11.9 Å². The summed E-state index contributed by atoms with van der Waals surface area (Å²) in [5, 5.41) is 3.40. The van der Waals surface area contributed by atoms with E-state index < -0.39 is 16.1 Å². The van der Waals surface area contributed by atoms with Crippen LogP contribution in [0.5, 0.6) is 0 Å². The number of hydrogen-bond donors (Lipinski definition) is 1. The number of rotatable bonds is 7. The van der Waals surface area contributed by atoms with Crippen molar-refractivity contribution in [1.29, 1.82) is 0 Å². The van der Waals surface area contributed by atoms with Gasteiger partial charge < -0.3 is 5.32 Å². The molecular weight excluding hydrogens is 396 g/mol. The van der Waals surface area contributed by atoms with E-state index in [1.165, 1.54) is 0 Å². The lowest BCUT2D eigenvalue weighted by Crippen LogP contribution is -2.47. The number of nitrogens with one attached hydrogen (secondary N) is 1. The van der Waals surface area contributed by atoms with Gasteiger partial charge in [-0.3, -0.25) is 9.10 Å². The Morgan fingerprint density at radius 1 is 1.14 bits per heavy atom. The maximum absolute atomic E-state index is 13.1. The van der Waals surface area contributed by atoms with Gasteiger partial charge in [-0.05, 0) is 55.5 Å². The summed E-state index contributed by atoms with van der Waals surface area (Å²) in [6, 6.07) is 9.93. The zero-order valence-corrected chi connectivity index (χ0v) is 18.5. The van der Waals surface area contributed by atoms with E-state index in [-0.39, 0.29) is 5.91 Å². The fourth-order valence-electron chi connectivity index (χ4n) is 3.19. The molecule has 0 saturated carbocycles. The van der Waals surface area contributed by atoms with Gasteiger partial charge >= 0.3 is 0 Å². The highest BCUT2D eigenvalue weighted by atomic mass is 35.5. The fraction of sp³-hybridized carbons (Fsp3) is 0.381. The topological polar surface area (TPSA) is 66.5 Å². The van der Waals surface area contributed by atoms with Crippen molar-refractivity contribution in [2.24, 2.45) is 0 Å². The molecule has 2 rings (SSSR count). The van der Waals surface area contributed by atoms with Gasteiger partial charge in [0.25, 0.3) is 0 Å². The van der Waals surface area contributed by atoms with Crippen molar-refractivity contribution >= 4 is 38.9 Å². The largest absolute Gasteiger partial charge is 0.324 e. The molecule has 0 spiro atoms. The molecule has 0 aliphatic carbocycles. The number of halogens is 1. The zero-order chi connectivity index (χ0) is 21.1. The number of carbonyl (C=O) groups is 1. The molecule has 1 amide bonds. The number of nitrogens with zero attached hydrogens (tertiary/aromatic N) is 1. The number of anilines is 2. The Labute approximate surface area is 172 Å². The van der Waals surface area contributed by atoms with E-state index >= 15 is 0 Å². The normalized spacial score (nSPS) is 12.5. The Balaban J connectivity index is 2.47. The van der Waals surface area contributed by atoms with Crippen molar-refractivity contribution in [3.05, 3.63) is 58.1 Å². The highest BCUT2D eigenvalue weighted by Crippen LogP contribution is 2.29. The summed E-state index contributed by atoms with van der Waals surface area (Å²) in [7, 11) is -3.71. The first kappa shape index (κ1) is 22.2. The summed E-state index contributed by atoms with van der Waals surface area (Å²) in [4.78, 5) is 13.1. The van der Waals surface area contributed by atoms with E-state index in [9.17, 15) is 13.2 Å². The van der Waals surface area contributed by atoms with Crippen molar-refractivity contribution in [1.82, 2.24) is 0 Å². The van der Waals surface area contributed by atoms with Crippen LogP contribution >= 0.6 is 11.6 Å². The molecule has 0 heterocycles. The Hall–Kier alpha value is -2.05. The summed E-state index contributed by atoms with van der Waals surface area (Å²) >= 11 is 6.20. The maximum atomic E-state index is 13.1. The van der Waals surface area contributed by atoms with Gasteiger partial charge in [-0.25, -0.2) is 8.42 Å². The first-order valence-electron chi connectivity index (χ1n) is 9.25. The number of para-hydroxylation sites is 1. The smallest absolute Gasteiger partial charge is 0.248 e. The molecule has 152 valence electrons. The van der Waals surface area contributed by atoms with Gasteiger partial charge in [-0.1, -0.05) is 49.7 Å². The highest BCUT2D eigenvalue weighted by molar-refractivity contribution is 7.92. The van der Waals surface area contributed by atoms with E-state index in [0.29, 0.717) is 17.1 Å². The summed E-state index contributed by atoms with van der Waals surface area (Å²) in [5.41, 5.74) is 3.90. The summed E-state index contributed by atoms with van der Waals surface area (Å²) in [6.45, 7) is 7.56. The van der Waals surface area contributed by atoms with Crippen LogP contribution in [0.15, 0.2) is 36.4 Å². The molecule has 2 aromatic carbocycles. The van der Waals surface area contributed by atoms with Gasteiger partial charge in [0.1, 0.15) is 6.04 Å². The zero-order valence-electron chi connectivity index (χ0n) is 16.9. The maximum Gasteiger partial charge on any atom is 0.248 e. The van der Waals surface area contributed by atoms with E-state index in [4.69, 9.17) is 11.6 Å². The Bertz CT molecular complexity index is 974.